The molecule has 5 nitrogen and oxygen atoms in total. The third kappa shape index (κ3) is 6.06. The molecular formula is C33H35FN2O3. The molecule has 0 spiro atoms. The number of amides is 1. The van der Waals surface area contributed by atoms with Gasteiger partial charge in [0.05, 0.1) is 15.0 Å². The maximum absolute atomic E-state index is 14.8. The molecule has 0 radical (unpaired) electrons. The van der Waals surface area contributed by atoms with Crippen molar-refractivity contribution in [2.45, 2.75) is 32.2 Å². The van der Waals surface area contributed by atoms with E-state index in [1.165, 1.54) is 36.3 Å². The normalized spacial score (nSPS) is 21.0. The fraction of sp³-hybridized carbons (Fsp3) is 0.333. The minimum absolute atomic E-state index is 0.135. The first-order chi connectivity index (χ1) is 19.2. The van der Waals surface area contributed by atoms with Crippen LogP contribution in [0.3, 0.4) is 0 Å². The number of rotatable bonds is 8. The number of carbonyl (C=O) groups is 2. The Morgan fingerprint density at radius 2 is 1.67 bits per heavy atom. The molecule has 0 aliphatic heterocycles. The maximum atomic E-state index is 14.8. The first kappa shape index (κ1) is 25.4. The third-order valence-electron chi connectivity index (χ3n) is 7.99. The highest BCUT2D eigenvalue weighted by Crippen LogP contribution is 2.49. The summed E-state index contributed by atoms with van der Waals surface area (Å²) in [7, 11) is 5.27. The van der Waals surface area contributed by atoms with Crippen molar-refractivity contribution in [3.63, 3.8) is 0 Å². The van der Waals surface area contributed by atoms with Crippen LogP contribution in [0, 0.1) is 23.6 Å². The van der Waals surface area contributed by atoms with E-state index in [0.717, 1.165) is 42.5 Å². The summed E-state index contributed by atoms with van der Waals surface area (Å²) in [5.41, 5.74) is 4.53. The zero-order valence-electron chi connectivity index (χ0n) is 23.6. The summed E-state index contributed by atoms with van der Waals surface area (Å²) in [5, 5.41) is 0. The Hall–Kier alpha value is -3.93. The van der Waals surface area contributed by atoms with Gasteiger partial charge in [0.25, 0.3) is 0 Å². The van der Waals surface area contributed by atoms with Crippen molar-refractivity contribution < 1.29 is 20.1 Å². The van der Waals surface area contributed by atoms with Gasteiger partial charge in [0.15, 0.2) is 0 Å². The van der Waals surface area contributed by atoms with Crippen molar-refractivity contribution in [3.05, 3.63) is 89.8 Å². The van der Waals surface area contributed by atoms with Crippen LogP contribution < -0.4 is 9.80 Å². The van der Waals surface area contributed by atoms with Gasteiger partial charge >= 0.3 is 5.97 Å². The fourth-order valence-electron chi connectivity index (χ4n) is 5.92. The van der Waals surface area contributed by atoms with Crippen LogP contribution in [0.25, 0.3) is 17.2 Å². The molecule has 0 saturated heterocycles. The molecule has 202 valence electrons. The third-order valence-corrected chi connectivity index (χ3v) is 7.99. The molecule has 0 aromatic heterocycles. The number of nitrogens with zero attached hydrogens (tertiary/aromatic N) is 2. The Labute approximate surface area is 231 Å². The molecule has 0 unspecified atom stereocenters. The standard InChI is InChI=1S/C33H35FN2O3/c1-35(2)29-13-11-26(12-14-29)25-8-4-22(5-9-25)21-36(33(38)31-19-23-6-10-27(31)16-23)30-18-24(17-28(34)20-30)7-15-32(37)39-3/h4-5,7-9,11-15,17-18,20,23,27,31H,6,10,16,19,21H2,1-3H3/b15-7+/t23-,27+,31-/m0/s1/i21D/t21-,23+,27-,31+/m1. The van der Waals surface area contributed by atoms with E-state index >= 15 is 0 Å². The summed E-state index contributed by atoms with van der Waals surface area (Å²) < 4.78 is 28.7. The lowest BCUT2D eigenvalue weighted by Crippen LogP contribution is -2.38. The van der Waals surface area contributed by atoms with Crippen LogP contribution in [0.5, 0.6) is 0 Å². The second-order valence-corrected chi connectivity index (χ2v) is 10.8. The Morgan fingerprint density at radius 1 is 0.974 bits per heavy atom. The van der Waals surface area contributed by atoms with Crippen LogP contribution in [0.2, 0.25) is 0 Å². The topological polar surface area (TPSA) is 49.9 Å². The van der Waals surface area contributed by atoms with Crippen molar-refractivity contribution in [1.29, 1.82) is 0 Å². The summed E-state index contributed by atoms with van der Waals surface area (Å²) in [6, 6.07) is 20.1. The average molecular weight is 528 g/mol. The van der Waals surface area contributed by atoms with Crippen molar-refractivity contribution in [1.82, 2.24) is 0 Å². The number of benzene rings is 3. The van der Waals surface area contributed by atoms with Crippen LogP contribution >= 0.6 is 0 Å². The molecule has 2 aliphatic carbocycles. The van der Waals surface area contributed by atoms with Gasteiger partial charge in [-0.3, -0.25) is 4.79 Å². The second kappa shape index (κ2) is 11.4. The number of halogens is 1. The van der Waals surface area contributed by atoms with Crippen LogP contribution in [0.4, 0.5) is 15.8 Å². The van der Waals surface area contributed by atoms with E-state index in [9.17, 15) is 15.4 Å². The maximum Gasteiger partial charge on any atom is 0.330 e. The van der Waals surface area contributed by atoms with E-state index in [1.807, 2.05) is 43.3 Å². The molecule has 5 rings (SSSR count). The van der Waals surface area contributed by atoms with Gasteiger partial charge in [0.1, 0.15) is 5.82 Å². The molecule has 0 heterocycles. The average Bonchev–Trinajstić information content (AvgIpc) is 3.60. The van der Waals surface area contributed by atoms with E-state index in [4.69, 9.17) is 0 Å². The van der Waals surface area contributed by atoms with Crippen molar-refractivity contribution in [2.24, 2.45) is 17.8 Å². The van der Waals surface area contributed by atoms with Crippen molar-refractivity contribution >= 4 is 29.3 Å². The lowest BCUT2D eigenvalue weighted by molar-refractivity contribution is -0.134. The van der Waals surface area contributed by atoms with E-state index in [2.05, 4.69) is 29.0 Å². The van der Waals surface area contributed by atoms with Gasteiger partial charge in [0, 0.05) is 37.5 Å². The quantitative estimate of drug-likeness (QED) is 0.241. The molecule has 3 aromatic rings. The Balaban J connectivity index is 1.47. The molecule has 39 heavy (non-hydrogen) atoms. The Morgan fingerprint density at radius 3 is 2.26 bits per heavy atom. The highest BCUT2D eigenvalue weighted by molar-refractivity contribution is 5.96. The first-order valence-corrected chi connectivity index (χ1v) is 13.4. The van der Waals surface area contributed by atoms with E-state index in [1.54, 1.807) is 6.07 Å². The summed E-state index contributed by atoms with van der Waals surface area (Å²) in [6.45, 7) is -1.06. The van der Waals surface area contributed by atoms with E-state index < -0.39 is 18.3 Å². The van der Waals surface area contributed by atoms with Crippen LogP contribution in [0.1, 0.15) is 38.2 Å². The number of esters is 1. The monoisotopic (exact) mass is 527 g/mol. The lowest BCUT2D eigenvalue weighted by Gasteiger charge is -2.30. The smallest absolute Gasteiger partial charge is 0.330 e. The number of fused-ring (bicyclic) bond motifs is 2. The van der Waals surface area contributed by atoms with E-state index in [0.29, 0.717) is 28.7 Å². The summed E-state index contributed by atoms with van der Waals surface area (Å²) in [4.78, 5) is 29.1. The van der Waals surface area contributed by atoms with Gasteiger partial charge in [-0.15, -0.1) is 0 Å². The number of hydrogen-bond acceptors (Lipinski definition) is 4. The highest BCUT2D eigenvalue weighted by atomic mass is 19.1. The molecule has 3 aromatic carbocycles. The first-order valence-electron chi connectivity index (χ1n) is 14.0. The van der Waals surface area contributed by atoms with Gasteiger partial charge in [-0.05, 0) is 89.8 Å². The summed E-state index contributed by atoms with van der Waals surface area (Å²) in [5.74, 6) is -0.546. The molecule has 4 atom stereocenters. The number of methoxy groups -OCH3 is 1. The zero-order valence-corrected chi connectivity index (χ0v) is 22.6. The fourth-order valence-corrected chi connectivity index (χ4v) is 5.92. The van der Waals surface area contributed by atoms with Crippen LogP contribution in [-0.2, 0) is 20.8 Å². The molecule has 2 bridgehead atoms. The number of anilines is 2. The summed E-state index contributed by atoms with van der Waals surface area (Å²) in [6.07, 6.45) is 6.70. The molecule has 2 saturated carbocycles. The van der Waals surface area contributed by atoms with Gasteiger partial charge in [-0.1, -0.05) is 42.8 Å². The molecular weight excluding hydrogens is 491 g/mol. The van der Waals surface area contributed by atoms with Gasteiger partial charge in [-0.2, -0.15) is 0 Å². The molecule has 1 amide bonds. The second-order valence-electron chi connectivity index (χ2n) is 10.8. The number of carbonyl (C=O) groups excluding carboxylic acids is 2. The molecule has 2 fully saturated rings. The Bertz CT molecular complexity index is 1400. The van der Waals surface area contributed by atoms with Crippen molar-refractivity contribution in [3.8, 4) is 11.1 Å². The predicted octanol–water partition coefficient (Wildman–Crippen LogP) is 6.71. The number of ether oxygens (including phenoxy) is 1. The summed E-state index contributed by atoms with van der Waals surface area (Å²) >= 11 is 0. The SMILES string of the molecule is [2H][C@H](c1ccc(-c2ccc(N(C)C)cc2)cc1)N(C(=O)[C@H]1C[C@H]2CC[C@@H]1C2)c1cc(F)cc(/C=C/C(=O)OC)c1. The largest absolute Gasteiger partial charge is 0.466 e. The minimum Gasteiger partial charge on any atom is -0.466 e. The minimum atomic E-state index is -1.06. The molecule has 0 N–H and O–H groups in total. The highest BCUT2D eigenvalue weighted by Gasteiger charge is 2.44. The lowest BCUT2D eigenvalue weighted by atomic mass is 9.87. The van der Waals surface area contributed by atoms with Gasteiger partial charge in [0.2, 0.25) is 5.91 Å². The number of hydrogen-bond donors (Lipinski definition) is 0. The van der Waals surface area contributed by atoms with Crippen LogP contribution in [-0.4, -0.2) is 33.1 Å². The van der Waals surface area contributed by atoms with Crippen molar-refractivity contribution in [2.75, 3.05) is 31.0 Å². The zero-order chi connectivity index (χ0) is 28.4. The molecule has 2 aliphatic rings. The predicted molar refractivity (Wildman–Crippen MR) is 154 cm³/mol. The van der Waals surface area contributed by atoms with Gasteiger partial charge < -0.3 is 14.5 Å². The van der Waals surface area contributed by atoms with Crippen LogP contribution in [0.15, 0.2) is 72.8 Å². The molecule has 6 heteroatoms. The van der Waals surface area contributed by atoms with Gasteiger partial charge in [-0.25, -0.2) is 9.18 Å². The van der Waals surface area contributed by atoms with E-state index in [-0.39, 0.29) is 11.8 Å². The Kier molecular flexibility index (Phi) is 7.44.